The van der Waals surface area contributed by atoms with Crippen molar-refractivity contribution in [2.45, 2.75) is 88.6 Å². The molecule has 2 fully saturated rings. The monoisotopic (exact) mass is 348 g/mol. The van der Waals surface area contributed by atoms with Gasteiger partial charge in [-0.3, -0.25) is 0 Å². The van der Waals surface area contributed by atoms with Gasteiger partial charge < -0.3 is 40.6 Å². The van der Waals surface area contributed by atoms with E-state index in [9.17, 15) is 10.2 Å². The maximum atomic E-state index is 9.72. The number of aliphatic hydroxyl groups excluding tert-OH is 2. The minimum absolute atomic E-state index is 0.313. The highest BCUT2D eigenvalue weighted by atomic mass is 16.7. The van der Waals surface area contributed by atoms with Crippen LogP contribution in [0.2, 0.25) is 0 Å². The molecule has 2 heterocycles. The predicted octanol–water partition coefficient (Wildman–Crippen LogP) is -0.554. The first-order chi connectivity index (χ1) is 11.4. The molecule has 0 amide bonds. The lowest BCUT2D eigenvalue weighted by Crippen LogP contribution is -2.51. The highest BCUT2D eigenvalue weighted by Crippen LogP contribution is 2.21. The molecule has 0 radical (unpaired) electrons. The van der Waals surface area contributed by atoms with Gasteiger partial charge in [-0.1, -0.05) is 0 Å². The fourth-order valence-corrected chi connectivity index (χ4v) is 3.02. The quantitative estimate of drug-likeness (QED) is 0.451. The van der Waals surface area contributed by atoms with Crippen molar-refractivity contribution in [3.63, 3.8) is 0 Å². The summed E-state index contributed by atoms with van der Waals surface area (Å²) in [5, 5.41) is 19.4. The Morgan fingerprint density at radius 1 is 0.833 bits per heavy atom. The number of ether oxygens (including phenoxy) is 4. The molecular weight excluding hydrogens is 316 g/mol. The standard InChI is InChI=1S/C16H32N2O6/c1-9-15(19)11(17)7-13(23-9)21-5-3-4-6-22-14-8-12(18)16(20)10(2)24-14/h9-16,19-20H,3-8,17-18H2,1-2H3/t9-,10-,11+,12+,13+,14+,15-,16-/m0/s1. The summed E-state index contributed by atoms with van der Waals surface area (Å²) in [6, 6.07) is -0.626. The number of rotatable bonds is 7. The van der Waals surface area contributed by atoms with Crippen LogP contribution in [0.25, 0.3) is 0 Å². The Bertz CT molecular complexity index is 316. The second kappa shape index (κ2) is 9.40. The summed E-state index contributed by atoms with van der Waals surface area (Å²) in [6.45, 7) is 4.68. The van der Waals surface area contributed by atoms with Crippen LogP contribution >= 0.6 is 0 Å². The molecule has 0 bridgehead atoms. The smallest absolute Gasteiger partial charge is 0.159 e. The van der Waals surface area contributed by atoms with Gasteiger partial charge in [0.15, 0.2) is 12.6 Å². The Hall–Kier alpha value is -0.320. The SMILES string of the molecule is C[C@@H]1O[C@@H](OCCCCO[C@H]2C[C@@H](N)[C@@H](O)[C@H](C)O2)C[C@@H](N)[C@H]1O. The van der Waals surface area contributed by atoms with Crippen molar-refractivity contribution < 1.29 is 29.2 Å². The first-order valence-electron chi connectivity index (χ1n) is 8.80. The van der Waals surface area contributed by atoms with Crippen LogP contribution < -0.4 is 11.5 Å². The number of hydrogen-bond donors (Lipinski definition) is 4. The minimum Gasteiger partial charge on any atom is -0.389 e. The zero-order valence-electron chi connectivity index (χ0n) is 14.5. The van der Waals surface area contributed by atoms with Crippen LogP contribution in [0, 0.1) is 0 Å². The zero-order valence-corrected chi connectivity index (χ0v) is 14.5. The van der Waals surface area contributed by atoms with E-state index in [4.69, 9.17) is 30.4 Å². The first-order valence-corrected chi connectivity index (χ1v) is 8.80. The largest absolute Gasteiger partial charge is 0.389 e. The van der Waals surface area contributed by atoms with Gasteiger partial charge in [0, 0.05) is 38.1 Å². The predicted molar refractivity (Wildman–Crippen MR) is 87.0 cm³/mol. The van der Waals surface area contributed by atoms with Crippen molar-refractivity contribution in [3.05, 3.63) is 0 Å². The van der Waals surface area contributed by atoms with Crippen LogP contribution in [0.15, 0.2) is 0 Å². The van der Waals surface area contributed by atoms with Gasteiger partial charge in [-0.15, -0.1) is 0 Å². The Morgan fingerprint density at radius 3 is 1.54 bits per heavy atom. The molecule has 0 unspecified atom stereocenters. The summed E-state index contributed by atoms with van der Waals surface area (Å²) in [7, 11) is 0. The summed E-state index contributed by atoms with van der Waals surface area (Å²) in [6.07, 6.45) is 0.0155. The minimum atomic E-state index is -0.638. The lowest BCUT2D eigenvalue weighted by Gasteiger charge is -2.36. The zero-order chi connectivity index (χ0) is 17.7. The molecule has 8 nitrogen and oxygen atoms in total. The fourth-order valence-electron chi connectivity index (χ4n) is 3.02. The number of nitrogens with two attached hydrogens (primary N) is 2. The van der Waals surface area contributed by atoms with Gasteiger partial charge in [-0.2, -0.15) is 0 Å². The van der Waals surface area contributed by atoms with E-state index in [1.165, 1.54) is 0 Å². The molecule has 2 rings (SSSR count). The second-order valence-corrected chi connectivity index (χ2v) is 6.77. The molecule has 0 aliphatic carbocycles. The fraction of sp³-hybridized carbons (Fsp3) is 1.00. The topological polar surface area (TPSA) is 129 Å². The van der Waals surface area contributed by atoms with Gasteiger partial charge >= 0.3 is 0 Å². The molecule has 0 saturated carbocycles. The van der Waals surface area contributed by atoms with Crippen molar-refractivity contribution in [2.24, 2.45) is 11.5 Å². The van der Waals surface area contributed by atoms with Crippen LogP contribution in [-0.4, -0.2) is 72.5 Å². The Morgan fingerprint density at radius 2 is 1.21 bits per heavy atom. The van der Waals surface area contributed by atoms with Gasteiger partial charge in [0.25, 0.3) is 0 Å². The number of aliphatic hydroxyl groups is 2. The van der Waals surface area contributed by atoms with Crippen molar-refractivity contribution >= 4 is 0 Å². The third-order valence-electron chi connectivity index (χ3n) is 4.65. The second-order valence-electron chi connectivity index (χ2n) is 6.77. The Kier molecular flexibility index (Phi) is 7.83. The molecule has 2 saturated heterocycles. The van der Waals surface area contributed by atoms with Crippen LogP contribution in [0.5, 0.6) is 0 Å². The molecule has 2 aliphatic heterocycles. The summed E-state index contributed by atoms with van der Waals surface area (Å²) in [5.41, 5.74) is 11.7. The molecule has 8 atom stereocenters. The molecule has 142 valence electrons. The summed E-state index contributed by atoms with van der Waals surface area (Å²) < 4.78 is 22.4. The van der Waals surface area contributed by atoms with Crippen molar-refractivity contribution in [3.8, 4) is 0 Å². The highest BCUT2D eigenvalue weighted by Gasteiger charge is 2.34. The summed E-state index contributed by atoms with van der Waals surface area (Å²) in [5.74, 6) is 0. The Balaban J connectivity index is 1.53. The molecule has 6 N–H and O–H groups in total. The molecule has 0 aromatic rings. The van der Waals surface area contributed by atoms with Gasteiger partial charge in [0.2, 0.25) is 0 Å². The number of hydrogen-bond acceptors (Lipinski definition) is 8. The molecule has 0 aromatic carbocycles. The highest BCUT2D eigenvalue weighted by molar-refractivity contribution is 4.84. The van der Waals surface area contributed by atoms with Crippen LogP contribution in [0.4, 0.5) is 0 Å². The normalized spacial score (nSPS) is 43.8. The van der Waals surface area contributed by atoms with Gasteiger partial charge in [-0.05, 0) is 26.7 Å². The van der Waals surface area contributed by atoms with E-state index in [2.05, 4.69) is 0 Å². The van der Waals surface area contributed by atoms with Gasteiger partial charge in [0.1, 0.15) is 0 Å². The van der Waals surface area contributed by atoms with E-state index in [1.54, 1.807) is 13.8 Å². The van der Waals surface area contributed by atoms with Gasteiger partial charge in [0.05, 0.1) is 24.4 Å². The first kappa shape index (κ1) is 20.0. The van der Waals surface area contributed by atoms with Crippen LogP contribution in [-0.2, 0) is 18.9 Å². The number of unbranched alkanes of at least 4 members (excludes halogenated alkanes) is 1. The lowest BCUT2D eigenvalue weighted by atomic mass is 10.0. The van der Waals surface area contributed by atoms with E-state index in [0.717, 1.165) is 12.8 Å². The van der Waals surface area contributed by atoms with E-state index in [0.29, 0.717) is 26.1 Å². The molecule has 8 heteroatoms. The molecule has 24 heavy (non-hydrogen) atoms. The van der Waals surface area contributed by atoms with Crippen molar-refractivity contribution in [1.82, 2.24) is 0 Å². The molecule has 2 aliphatic rings. The van der Waals surface area contributed by atoms with E-state index >= 15 is 0 Å². The summed E-state index contributed by atoms with van der Waals surface area (Å²) >= 11 is 0. The molecule has 0 spiro atoms. The third kappa shape index (κ3) is 5.60. The maximum absolute atomic E-state index is 9.72. The average molecular weight is 348 g/mol. The average Bonchev–Trinajstić information content (AvgIpc) is 2.53. The van der Waals surface area contributed by atoms with Crippen molar-refractivity contribution in [1.29, 1.82) is 0 Å². The van der Waals surface area contributed by atoms with E-state index < -0.39 is 12.2 Å². The van der Waals surface area contributed by atoms with Crippen LogP contribution in [0.1, 0.15) is 39.5 Å². The molecule has 0 aromatic heterocycles. The van der Waals surface area contributed by atoms with E-state index in [-0.39, 0.29) is 36.9 Å². The maximum Gasteiger partial charge on any atom is 0.159 e. The van der Waals surface area contributed by atoms with E-state index in [1.807, 2.05) is 0 Å². The van der Waals surface area contributed by atoms with Crippen LogP contribution in [0.3, 0.4) is 0 Å². The molecular formula is C16H32N2O6. The van der Waals surface area contributed by atoms with Crippen molar-refractivity contribution in [2.75, 3.05) is 13.2 Å². The lowest BCUT2D eigenvalue weighted by molar-refractivity contribution is -0.227. The summed E-state index contributed by atoms with van der Waals surface area (Å²) in [4.78, 5) is 0. The Labute approximate surface area is 143 Å². The third-order valence-corrected chi connectivity index (χ3v) is 4.65. The van der Waals surface area contributed by atoms with Gasteiger partial charge in [-0.25, -0.2) is 0 Å².